The van der Waals surface area contributed by atoms with Crippen molar-refractivity contribution in [1.29, 1.82) is 5.26 Å². The number of non-ortho nitro benzene ring substituents is 1. The first-order valence-electron chi connectivity index (χ1n) is 10.2. The molecule has 188 valence electrons. The van der Waals surface area contributed by atoms with E-state index in [-0.39, 0.29) is 27.3 Å². The van der Waals surface area contributed by atoms with E-state index in [1.54, 1.807) is 24.3 Å². The maximum Gasteiger partial charge on any atom is 0.318 e. The number of amides is 1. The highest BCUT2D eigenvalue weighted by Crippen LogP contribution is 2.43. The molecule has 3 aromatic rings. The van der Waals surface area contributed by atoms with Gasteiger partial charge in [-0.1, -0.05) is 0 Å². The third kappa shape index (κ3) is 6.38. The van der Waals surface area contributed by atoms with Crippen LogP contribution in [0.25, 0.3) is 6.08 Å². The van der Waals surface area contributed by atoms with Gasteiger partial charge in [0.05, 0.1) is 34.6 Å². The normalized spacial score (nSPS) is 10.7. The van der Waals surface area contributed by atoms with Crippen LogP contribution < -0.4 is 19.5 Å². The van der Waals surface area contributed by atoms with Crippen LogP contribution in [0, 0.1) is 31.6 Å². The smallest absolute Gasteiger partial charge is 0.318 e. The molecule has 0 unspecified atom stereocenters. The molecule has 3 rings (SSSR count). The molecular weight excluding hydrogens is 552 g/mol. The molecule has 0 heterocycles. The number of halogens is 1. The highest BCUT2D eigenvalue weighted by atomic mass is 79.9. The lowest BCUT2D eigenvalue weighted by Gasteiger charge is -2.13. The van der Waals surface area contributed by atoms with Crippen LogP contribution in [0.1, 0.15) is 5.56 Å². The number of nitro benzene ring substituents is 2. The molecule has 3 aromatic carbocycles. The predicted molar refractivity (Wildman–Crippen MR) is 136 cm³/mol. The summed E-state index contributed by atoms with van der Waals surface area (Å²) < 4.78 is 16.4. The molecule has 0 spiro atoms. The highest BCUT2D eigenvalue weighted by Gasteiger charge is 2.23. The van der Waals surface area contributed by atoms with Crippen LogP contribution in [0.2, 0.25) is 0 Å². The van der Waals surface area contributed by atoms with Crippen LogP contribution in [0.5, 0.6) is 23.0 Å². The van der Waals surface area contributed by atoms with Crippen molar-refractivity contribution in [3.8, 4) is 29.1 Å². The first-order chi connectivity index (χ1) is 17.7. The van der Waals surface area contributed by atoms with Crippen molar-refractivity contribution in [2.45, 2.75) is 0 Å². The average Bonchev–Trinajstić information content (AvgIpc) is 2.88. The number of ether oxygens (including phenoxy) is 3. The minimum atomic E-state index is -0.805. The largest absolute Gasteiger partial charge is 0.497 e. The second-order valence-electron chi connectivity index (χ2n) is 7.15. The molecule has 0 aliphatic rings. The first-order valence-corrected chi connectivity index (χ1v) is 11.0. The lowest BCUT2D eigenvalue weighted by atomic mass is 10.1. The first kappa shape index (κ1) is 26.6. The van der Waals surface area contributed by atoms with Crippen molar-refractivity contribution in [3.05, 3.63) is 90.4 Å². The van der Waals surface area contributed by atoms with Crippen molar-refractivity contribution in [2.24, 2.45) is 0 Å². The molecule has 37 heavy (non-hydrogen) atoms. The number of nitro groups is 2. The Kier molecular flexibility index (Phi) is 8.39. The third-order valence-corrected chi connectivity index (χ3v) is 5.43. The molecule has 0 aromatic heterocycles. The number of rotatable bonds is 9. The van der Waals surface area contributed by atoms with Crippen LogP contribution in [0.3, 0.4) is 0 Å². The van der Waals surface area contributed by atoms with Gasteiger partial charge >= 0.3 is 5.69 Å². The number of hydrogen-bond acceptors (Lipinski definition) is 9. The molecule has 0 atom stereocenters. The Balaban J connectivity index is 1.92. The standard InChI is InChI=1S/C24H17BrN4O8/c1-35-18-6-3-16(4-7-18)27-24(30)15(13-26)9-14-10-19(25)23(22(11-14)36-2)37-21-8-5-17(28(31)32)12-20(21)29(33)34/h3-12H,1-2H3,(H,27,30)/b15-9-. The Bertz CT molecular complexity index is 1450. The van der Waals surface area contributed by atoms with E-state index in [1.165, 1.54) is 32.4 Å². The van der Waals surface area contributed by atoms with Gasteiger partial charge in [0.1, 0.15) is 17.4 Å². The third-order valence-electron chi connectivity index (χ3n) is 4.84. The summed E-state index contributed by atoms with van der Waals surface area (Å²) in [5.41, 5.74) is -0.448. The number of benzene rings is 3. The van der Waals surface area contributed by atoms with Gasteiger partial charge in [0.25, 0.3) is 11.6 Å². The fraction of sp³-hybridized carbons (Fsp3) is 0.0833. The fourth-order valence-corrected chi connectivity index (χ4v) is 3.61. The molecule has 1 amide bonds. The van der Waals surface area contributed by atoms with Crippen LogP contribution in [0.4, 0.5) is 17.1 Å². The summed E-state index contributed by atoms with van der Waals surface area (Å²) >= 11 is 3.30. The number of nitrogens with one attached hydrogen (secondary N) is 1. The van der Waals surface area contributed by atoms with Gasteiger partial charge in [-0.3, -0.25) is 25.0 Å². The number of hydrogen-bond donors (Lipinski definition) is 1. The van der Waals surface area contributed by atoms with E-state index in [4.69, 9.17) is 14.2 Å². The van der Waals surface area contributed by atoms with Crippen LogP contribution >= 0.6 is 15.9 Å². The maximum atomic E-state index is 12.6. The summed E-state index contributed by atoms with van der Waals surface area (Å²) in [6, 6.07) is 14.3. The van der Waals surface area contributed by atoms with E-state index in [0.717, 1.165) is 18.2 Å². The Morgan fingerprint density at radius 2 is 1.70 bits per heavy atom. The van der Waals surface area contributed by atoms with Gasteiger partial charge in [-0.05, 0) is 70.0 Å². The summed E-state index contributed by atoms with van der Waals surface area (Å²) in [6.45, 7) is 0. The second-order valence-corrected chi connectivity index (χ2v) is 8.01. The molecule has 0 bridgehead atoms. The van der Waals surface area contributed by atoms with Gasteiger partial charge in [-0.15, -0.1) is 0 Å². The summed E-state index contributed by atoms with van der Waals surface area (Å²) in [7, 11) is 2.84. The SMILES string of the molecule is COc1ccc(NC(=O)/C(C#N)=C\c2cc(Br)c(Oc3ccc([N+](=O)[O-])cc3[N+](=O)[O-])c(OC)c2)cc1. The lowest BCUT2D eigenvalue weighted by molar-refractivity contribution is -0.394. The lowest BCUT2D eigenvalue weighted by Crippen LogP contribution is -2.13. The summed E-state index contributed by atoms with van der Waals surface area (Å²) in [5, 5.41) is 34.6. The molecule has 0 saturated heterocycles. The highest BCUT2D eigenvalue weighted by molar-refractivity contribution is 9.10. The molecule has 0 aliphatic heterocycles. The molecule has 0 aliphatic carbocycles. The van der Waals surface area contributed by atoms with Gasteiger partial charge < -0.3 is 19.5 Å². The number of carbonyl (C=O) groups is 1. The number of nitrogens with zero attached hydrogens (tertiary/aromatic N) is 3. The van der Waals surface area contributed by atoms with Crippen molar-refractivity contribution in [2.75, 3.05) is 19.5 Å². The van der Waals surface area contributed by atoms with Crippen molar-refractivity contribution in [3.63, 3.8) is 0 Å². The minimum absolute atomic E-state index is 0.0396. The van der Waals surface area contributed by atoms with E-state index in [1.807, 2.05) is 6.07 Å². The monoisotopic (exact) mass is 568 g/mol. The minimum Gasteiger partial charge on any atom is -0.497 e. The zero-order chi connectivity index (χ0) is 27.1. The summed E-state index contributed by atoms with van der Waals surface area (Å²) in [6.07, 6.45) is 1.32. The number of carbonyl (C=O) groups excluding carboxylic acids is 1. The molecule has 0 saturated carbocycles. The zero-order valence-electron chi connectivity index (χ0n) is 19.3. The van der Waals surface area contributed by atoms with Gasteiger partial charge in [-0.2, -0.15) is 5.26 Å². The molecule has 0 fully saturated rings. The summed E-state index contributed by atoms with van der Waals surface area (Å²) in [4.78, 5) is 33.5. The van der Waals surface area contributed by atoms with Crippen LogP contribution in [0.15, 0.2) is 64.6 Å². The Morgan fingerprint density at radius 1 is 1.00 bits per heavy atom. The Hall–Kier alpha value is -4.96. The van der Waals surface area contributed by atoms with Crippen LogP contribution in [-0.4, -0.2) is 30.0 Å². The maximum absolute atomic E-state index is 12.6. The van der Waals surface area contributed by atoms with Crippen molar-refractivity contribution < 1.29 is 28.9 Å². The van der Waals surface area contributed by atoms with Gasteiger partial charge in [0.15, 0.2) is 11.5 Å². The van der Waals surface area contributed by atoms with E-state index >= 15 is 0 Å². The van der Waals surface area contributed by atoms with E-state index < -0.39 is 27.1 Å². The zero-order valence-corrected chi connectivity index (χ0v) is 20.8. The number of methoxy groups -OCH3 is 2. The second kappa shape index (κ2) is 11.6. The summed E-state index contributed by atoms with van der Waals surface area (Å²) in [5.74, 6) is -0.148. The predicted octanol–water partition coefficient (Wildman–Crippen LogP) is 5.62. The molecule has 13 heteroatoms. The van der Waals surface area contributed by atoms with Gasteiger partial charge in [-0.25, -0.2) is 0 Å². The van der Waals surface area contributed by atoms with E-state index in [0.29, 0.717) is 17.0 Å². The Labute approximate surface area is 218 Å². The molecule has 1 N–H and O–H groups in total. The average molecular weight is 569 g/mol. The number of anilines is 1. The van der Waals surface area contributed by atoms with Gasteiger partial charge in [0.2, 0.25) is 5.75 Å². The van der Waals surface area contributed by atoms with Gasteiger partial charge in [0, 0.05) is 11.8 Å². The van der Waals surface area contributed by atoms with Crippen molar-refractivity contribution in [1.82, 2.24) is 0 Å². The van der Waals surface area contributed by atoms with E-state index in [9.17, 15) is 30.3 Å². The fourth-order valence-electron chi connectivity index (χ4n) is 3.07. The van der Waals surface area contributed by atoms with E-state index in [2.05, 4.69) is 21.2 Å². The molecular formula is C24H17BrN4O8. The van der Waals surface area contributed by atoms with Crippen LogP contribution in [-0.2, 0) is 4.79 Å². The van der Waals surface area contributed by atoms with Crippen molar-refractivity contribution >= 4 is 45.0 Å². The topological polar surface area (TPSA) is 167 Å². The quantitative estimate of drug-likeness (QED) is 0.149. The number of nitriles is 1. The molecule has 0 radical (unpaired) electrons. The Morgan fingerprint density at radius 3 is 2.27 bits per heavy atom. The molecule has 12 nitrogen and oxygen atoms in total.